The molecule has 202 valence electrons. The second-order valence-corrected chi connectivity index (χ2v) is 12.1. The minimum atomic E-state index is -0.379. The highest BCUT2D eigenvalue weighted by atomic mass is 16.7. The Hall–Kier alpha value is -3.02. The molecule has 0 amide bonds. The molecule has 0 aliphatic heterocycles. The lowest BCUT2D eigenvalue weighted by molar-refractivity contribution is -0.384. The molecule has 2 fully saturated rings. The van der Waals surface area contributed by atoms with Crippen LogP contribution in [-0.4, -0.2) is 16.6 Å². The predicted octanol–water partition coefficient (Wildman–Crippen LogP) is 8.34. The molecule has 0 N–H and O–H groups in total. The Morgan fingerprint density at radius 2 is 1.63 bits per heavy atom. The van der Waals surface area contributed by atoms with E-state index in [2.05, 4.69) is 44.1 Å². The Bertz CT molecular complexity index is 1230. The molecule has 2 aromatic rings. The number of hydrogen-bond acceptors (Lipinski definition) is 5. The van der Waals surface area contributed by atoms with Gasteiger partial charge in [0.2, 0.25) is 0 Å². The van der Waals surface area contributed by atoms with Crippen molar-refractivity contribution in [3.05, 3.63) is 63.2 Å². The second-order valence-electron chi connectivity index (χ2n) is 12.1. The summed E-state index contributed by atoms with van der Waals surface area (Å²) in [5, 5.41) is 16.0. The van der Waals surface area contributed by atoms with E-state index in [1.54, 1.807) is 12.1 Å². The molecule has 38 heavy (non-hydrogen) atoms. The van der Waals surface area contributed by atoms with Crippen LogP contribution >= 0.6 is 0 Å². The maximum absolute atomic E-state index is 12.7. The molecule has 3 aliphatic rings. The van der Waals surface area contributed by atoms with E-state index in [0.29, 0.717) is 12.3 Å². The standard InChI is InChI=1S/C32H40N2O4/c1-4-21-9-12-23(13-10-21)31(33-38-30(35)18-11-22-7-5-6-8-22)24-14-16-26-27-17-15-25(34(36)37)20-29(27)32(2,3)28(26)19-24/h14-17,19-23H,4-13,18H2,1-3H3/b33-31-. The van der Waals surface area contributed by atoms with Crippen LogP contribution in [0.2, 0.25) is 0 Å². The fourth-order valence-electron chi connectivity index (χ4n) is 6.97. The zero-order valence-electron chi connectivity index (χ0n) is 23.0. The normalized spacial score (nSPS) is 22.7. The van der Waals surface area contributed by atoms with Crippen LogP contribution in [0.25, 0.3) is 11.1 Å². The lowest BCUT2D eigenvalue weighted by Gasteiger charge is -2.29. The first-order valence-corrected chi connectivity index (χ1v) is 14.5. The van der Waals surface area contributed by atoms with E-state index in [0.717, 1.165) is 58.7 Å². The highest BCUT2D eigenvalue weighted by Crippen LogP contribution is 2.50. The zero-order chi connectivity index (χ0) is 26.9. The minimum Gasteiger partial charge on any atom is -0.318 e. The van der Waals surface area contributed by atoms with Gasteiger partial charge in [0.1, 0.15) is 0 Å². The summed E-state index contributed by atoms with van der Waals surface area (Å²) < 4.78 is 0. The molecule has 0 spiro atoms. The number of fused-ring (bicyclic) bond motifs is 3. The van der Waals surface area contributed by atoms with Gasteiger partial charge >= 0.3 is 5.97 Å². The van der Waals surface area contributed by atoms with Crippen molar-refractivity contribution in [3.8, 4) is 11.1 Å². The van der Waals surface area contributed by atoms with E-state index in [9.17, 15) is 14.9 Å². The molecule has 3 aliphatic carbocycles. The first-order valence-electron chi connectivity index (χ1n) is 14.5. The third kappa shape index (κ3) is 5.27. The highest BCUT2D eigenvalue weighted by Gasteiger charge is 2.37. The number of oxime groups is 1. The molecule has 0 heterocycles. The molecule has 2 aromatic carbocycles. The van der Waals surface area contributed by atoms with E-state index in [1.807, 2.05) is 6.07 Å². The van der Waals surface area contributed by atoms with Gasteiger partial charge < -0.3 is 4.84 Å². The fourth-order valence-corrected chi connectivity index (χ4v) is 6.97. The Morgan fingerprint density at radius 3 is 2.29 bits per heavy atom. The number of hydrogen-bond donors (Lipinski definition) is 0. The van der Waals surface area contributed by atoms with Crippen LogP contribution in [0.5, 0.6) is 0 Å². The summed E-state index contributed by atoms with van der Waals surface area (Å²) in [4.78, 5) is 29.3. The number of benzene rings is 2. The Morgan fingerprint density at radius 1 is 0.974 bits per heavy atom. The van der Waals surface area contributed by atoms with Crippen molar-refractivity contribution in [1.82, 2.24) is 0 Å². The molecule has 6 heteroatoms. The number of rotatable bonds is 8. The lowest BCUT2D eigenvalue weighted by atomic mass is 9.76. The molecule has 0 bridgehead atoms. The van der Waals surface area contributed by atoms with Crippen LogP contribution < -0.4 is 0 Å². The van der Waals surface area contributed by atoms with Crippen molar-refractivity contribution in [2.24, 2.45) is 22.9 Å². The van der Waals surface area contributed by atoms with Gasteiger partial charge in [-0.3, -0.25) is 10.1 Å². The average molecular weight is 517 g/mol. The third-order valence-electron chi connectivity index (χ3n) is 9.45. The smallest absolute Gasteiger partial charge is 0.318 e. The molecule has 6 nitrogen and oxygen atoms in total. The number of nitro benzene ring substituents is 1. The summed E-state index contributed by atoms with van der Waals surface area (Å²) in [5.74, 6) is 1.42. The van der Waals surface area contributed by atoms with Crippen LogP contribution in [0, 0.1) is 27.9 Å². The van der Waals surface area contributed by atoms with Gasteiger partial charge in [0.05, 0.1) is 10.6 Å². The monoisotopic (exact) mass is 516 g/mol. The summed E-state index contributed by atoms with van der Waals surface area (Å²) in [7, 11) is 0. The second kappa shape index (κ2) is 11.0. The molecule has 5 rings (SSSR count). The molecule has 0 saturated heterocycles. The van der Waals surface area contributed by atoms with Crippen LogP contribution in [0.4, 0.5) is 5.69 Å². The van der Waals surface area contributed by atoms with Gasteiger partial charge in [-0.15, -0.1) is 0 Å². The average Bonchev–Trinajstić information content (AvgIpc) is 3.52. The summed E-state index contributed by atoms with van der Waals surface area (Å²) in [6.07, 6.45) is 11.9. The number of nitro groups is 1. The van der Waals surface area contributed by atoms with Crippen molar-refractivity contribution in [2.45, 2.75) is 96.8 Å². The molecule has 2 saturated carbocycles. The van der Waals surface area contributed by atoms with E-state index >= 15 is 0 Å². The Kier molecular flexibility index (Phi) is 7.69. The van der Waals surface area contributed by atoms with E-state index in [-0.39, 0.29) is 27.9 Å². The van der Waals surface area contributed by atoms with Crippen molar-refractivity contribution in [3.63, 3.8) is 0 Å². The maximum Gasteiger partial charge on any atom is 0.335 e. The Labute approximate surface area is 226 Å². The van der Waals surface area contributed by atoms with Crippen molar-refractivity contribution in [1.29, 1.82) is 0 Å². The largest absolute Gasteiger partial charge is 0.335 e. The van der Waals surface area contributed by atoms with E-state index < -0.39 is 0 Å². The van der Waals surface area contributed by atoms with Crippen LogP contribution in [0.1, 0.15) is 108 Å². The van der Waals surface area contributed by atoms with Crippen molar-refractivity contribution >= 4 is 17.4 Å². The molecule has 0 atom stereocenters. The summed E-state index contributed by atoms with van der Waals surface area (Å²) in [5.41, 5.74) is 5.84. The van der Waals surface area contributed by atoms with E-state index in [4.69, 9.17) is 4.84 Å². The number of carbonyl (C=O) groups is 1. The minimum absolute atomic E-state index is 0.115. The Balaban J connectivity index is 1.43. The number of carbonyl (C=O) groups excluding carboxylic acids is 1. The molecule has 0 unspecified atom stereocenters. The third-order valence-corrected chi connectivity index (χ3v) is 9.45. The lowest BCUT2D eigenvalue weighted by Crippen LogP contribution is -2.24. The van der Waals surface area contributed by atoms with Gasteiger partial charge in [0.15, 0.2) is 0 Å². The maximum atomic E-state index is 12.7. The van der Waals surface area contributed by atoms with Gasteiger partial charge in [-0.2, -0.15) is 0 Å². The number of nitrogens with zero attached hydrogens (tertiary/aromatic N) is 2. The van der Waals surface area contributed by atoms with E-state index in [1.165, 1.54) is 44.9 Å². The first-order chi connectivity index (χ1) is 18.3. The molecule has 0 radical (unpaired) electrons. The van der Waals surface area contributed by atoms with Crippen molar-refractivity contribution in [2.75, 3.05) is 0 Å². The van der Waals surface area contributed by atoms with Gasteiger partial charge in [-0.25, -0.2) is 4.79 Å². The molecular formula is C32H40N2O4. The molecular weight excluding hydrogens is 476 g/mol. The topological polar surface area (TPSA) is 81.8 Å². The zero-order valence-corrected chi connectivity index (χ0v) is 23.0. The fraction of sp³-hybridized carbons (Fsp3) is 0.562. The summed E-state index contributed by atoms with van der Waals surface area (Å²) >= 11 is 0. The number of non-ortho nitro benzene ring substituents is 1. The molecule has 0 aromatic heterocycles. The van der Waals surface area contributed by atoms with Gasteiger partial charge in [-0.05, 0) is 83.9 Å². The van der Waals surface area contributed by atoms with Crippen molar-refractivity contribution < 1.29 is 14.6 Å². The predicted molar refractivity (Wildman–Crippen MR) is 150 cm³/mol. The summed E-state index contributed by atoms with van der Waals surface area (Å²) in [6.45, 7) is 6.51. The van der Waals surface area contributed by atoms with Crippen LogP contribution in [-0.2, 0) is 15.0 Å². The van der Waals surface area contributed by atoms with Crippen LogP contribution in [0.15, 0.2) is 41.6 Å². The van der Waals surface area contributed by atoms with Gasteiger partial charge in [0, 0.05) is 29.9 Å². The quantitative estimate of drug-likeness (QED) is 0.153. The van der Waals surface area contributed by atoms with Gasteiger partial charge in [-0.1, -0.05) is 70.2 Å². The SMILES string of the molecule is CCC1CCC(/C(=N/OC(=O)CCC2CCCC2)c2ccc3c(c2)C(C)(C)c2cc([N+](=O)[O-])ccc2-3)CC1. The van der Waals surface area contributed by atoms with Crippen LogP contribution in [0.3, 0.4) is 0 Å². The van der Waals surface area contributed by atoms with Gasteiger partial charge in [0.25, 0.3) is 5.69 Å². The summed E-state index contributed by atoms with van der Waals surface area (Å²) in [6, 6.07) is 11.5. The highest BCUT2D eigenvalue weighted by molar-refractivity contribution is 6.03. The first kappa shape index (κ1) is 26.6.